The third-order valence-electron chi connectivity index (χ3n) is 7.56. The van der Waals surface area contributed by atoms with Gasteiger partial charge in [0.05, 0.1) is 0 Å². The number of amides is 3. The largest absolute Gasteiger partial charge is 0.356 e. The highest BCUT2D eigenvalue weighted by molar-refractivity contribution is 5.99. The quantitative estimate of drug-likeness (QED) is 0.279. The van der Waals surface area contributed by atoms with Crippen LogP contribution in [0.4, 0.5) is 0 Å². The number of nitrogens with two attached hydrogens (primary N) is 1. The van der Waals surface area contributed by atoms with Crippen LogP contribution in [-0.2, 0) is 4.79 Å². The van der Waals surface area contributed by atoms with Crippen LogP contribution in [0.2, 0.25) is 0 Å². The first kappa shape index (κ1) is 30.8. The maximum absolute atomic E-state index is 13.2. The second-order valence-electron chi connectivity index (χ2n) is 10.9. The van der Waals surface area contributed by atoms with E-state index in [0.717, 1.165) is 44.9 Å². The maximum atomic E-state index is 13.2. The van der Waals surface area contributed by atoms with Crippen LogP contribution in [0.25, 0.3) is 0 Å². The minimum Gasteiger partial charge on any atom is -0.356 e. The first-order chi connectivity index (χ1) is 17.7. The molecule has 1 aromatic rings. The van der Waals surface area contributed by atoms with Gasteiger partial charge in [-0.25, -0.2) is 0 Å². The Bertz CT molecular complexity index is 860. The Morgan fingerprint density at radius 1 is 1.03 bits per heavy atom. The van der Waals surface area contributed by atoms with Crippen molar-refractivity contribution in [2.75, 3.05) is 19.6 Å². The van der Waals surface area contributed by atoms with Crippen molar-refractivity contribution in [1.29, 1.82) is 0 Å². The van der Waals surface area contributed by atoms with Gasteiger partial charge in [-0.2, -0.15) is 0 Å². The molecule has 1 aliphatic rings. The lowest BCUT2D eigenvalue weighted by Crippen LogP contribution is -2.49. The summed E-state index contributed by atoms with van der Waals surface area (Å²) in [6.07, 6.45) is 7.49. The van der Waals surface area contributed by atoms with Gasteiger partial charge in [0, 0.05) is 48.8 Å². The normalized spacial score (nSPS) is 15.6. The van der Waals surface area contributed by atoms with Gasteiger partial charge in [-0.15, -0.1) is 0 Å². The number of benzene rings is 1. The van der Waals surface area contributed by atoms with Gasteiger partial charge in [-0.05, 0) is 55.7 Å². The number of carbonyl (C=O) groups is 3. The molecule has 37 heavy (non-hydrogen) atoms. The SMILES string of the molecule is CCCN(CCC)C(=O)c1cccc(C(=O)N[C@@H](CC2CC2)[C@@H](N)C[C@@H](C)C(=O)NCC(CC)CC)c1. The van der Waals surface area contributed by atoms with Crippen molar-refractivity contribution >= 4 is 17.7 Å². The van der Waals surface area contributed by atoms with Gasteiger partial charge in [-0.1, -0.05) is 66.4 Å². The van der Waals surface area contributed by atoms with Crippen LogP contribution < -0.4 is 16.4 Å². The van der Waals surface area contributed by atoms with Crippen LogP contribution in [0.1, 0.15) is 107 Å². The van der Waals surface area contributed by atoms with Gasteiger partial charge < -0.3 is 21.3 Å². The van der Waals surface area contributed by atoms with Crippen molar-refractivity contribution in [2.24, 2.45) is 23.5 Å². The number of hydrogen-bond donors (Lipinski definition) is 3. The minimum absolute atomic E-state index is 0.0220. The molecule has 0 heterocycles. The summed E-state index contributed by atoms with van der Waals surface area (Å²) >= 11 is 0. The fourth-order valence-corrected chi connectivity index (χ4v) is 4.81. The molecule has 3 atom stereocenters. The second kappa shape index (κ2) is 15.8. The number of nitrogens with zero attached hydrogens (tertiary/aromatic N) is 1. The summed E-state index contributed by atoms with van der Waals surface area (Å²) in [6.45, 7) is 12.4. The molecule has 0 bridgehead atoms. The molecular weight excluding hydrogens is 464 g/mol. The average molecular weight is 515 g/mol. The van der Waals surface area contributed by atoms with Crippen molar-refractivity contribution in [3.8, 4) is 0 Å². The molecule has 0 saturated heterocycles. The second-order valence-corrected chi connectivity index (χ2v) is 10.9. The van der Waals surface area contributed by atoms with Crippen molar-refractivity contribution in [3.05, 3.63) is 35.4 Å². The van der Waals surface area contributed by atoms with Crippen LogP contribution in [0.5, 0.6) is 0 Å². The van der Waals surface area contributed by atoms with Crippen LogP contribution in [0, 0.1) is 17.8 Å². The molecule has 1 saturated carbocycles. The van der Waals surface area contributed by atoms with E-state index in [4.69, 9.17) is 5.73 Å². The number of nitrogens with one attached hydrogen (secondary N) is 2. The van der Waals surface area contributed by atoms with E-state index in [2.05, 4.69) is 38.3 Å². The molecule has 0 aliphatic heterocycles. The highest BCUT2D eigenvalue weighted by atomic mass is 16.2. The van der Waals surface area contributed by atoms with Gasteiger partial charge in [0.25, 0.3) is 11.8 Å². The summed E-state index contributed by atoms with van der Waals surface area (Å²) < 4.78 is 0. The van der Waals surface area contributed by atoms with Crippen LogP contribution in [0.3, 0.4) is 0 Å². The van der Waals surface area contributed by atoms with Crippen molar-refractivity contribution < 1.29 is 14.4 Å². The van der Waals surface area contributed by atoms with Gasteiger partial charge in [0.2, 0.25) is 5.91 Å². The van der Waals surface area contributed by atoms with Crippen molar-refractivity contribution in [3.63, 3.8) is 0 Å². The monoisotopic (exact) mass is 514 g/mol. The van der Waals surface area contributed by atoms with E-state index in [-0.39, 0.29) is 35.7 Å². The fourth-order valence-electron chi connectivity index (χ4n) is 4.81. The summed E-state index contributed by atoms with van der Waals surface area (Å²) in [7, 11) is 0. The smallest absolute Gasteiger partial charge is 0.253 e. The predicted molar refractivity (Wildman–Crippen MR) is 150 cm³/mol. The van der Waals surface area contributed by atoms with E-state index in [1.54, 1.807) is 24.3 Å². The first-order valence-corrected chi connectivity index (χ1v) is 14.5. The molecule has 208 valence electrons. The molecule has 1 aromatic carbocycles. The Kier molecular flexibility index (Phi) is 13.1. The van der Waals surface area contributed by atoms with Crippen LogP contribution >= 0.6 is 0 Å². The van der Waals surface area contributed by atoms with E-state index in [9.17, 15) is 14.4 Å². The number of carbonyl (C=O) groups excluding carboxylic acids is 3. The molecule has 0 radical (unpaired) electrons. The van der Waals surface area contributed by atoms with Gasteiger partial charge in [-0.3, -0.25) is 14.4 Å². The Balaban J connectivity index is 2.04. The fraction of sp³-hybridized carbons (Fsp3) is 0.700. The van der Waals surface area contributed by atoms with E-state index >= 15 is 0 Å². The average Bonchev–Trinajstić information content (AvgIpc) is 3.72. The molecule has 0 unspecified atom stereocenters. The van der Waals surface area contributed by atoms with Crippen LogP contribution in [0.15, 0.2) is 24.3 Å². The Morgan fingerprint density at radius 3 is 2.22 bits per heavy atom. The number of hydrogen-bond acceptors (Lipinski definition) is 4. The molecule has 4 N–H and O–H groups in total. The zero-order chi connectivity index (χ0) is 27.4. The van der Waals surface area contributed by atoms with Gasteiger partial charge >= 0.3 is 0 Å². The molecule has 2 rings (SSSR count). The lowest BCUT2D eigenvalue weighted by molar-refractivity contribution is -0.125. The van der Waals surface area contributed by atoms with Gasteiger partial charge in [0.15, 0.2) is 0 Å². The summed E-state index contributed by atoms with van der Waals surface area (Å²) in [5, 5.41) is 6.22. The van der Waals surface area contributed by atoms with E-state index in [0.29, 0.717) is 49.0 Å². The molecule has 0 aromatic heterocycles. The standard InChI is InChI=1S/C30H50N4O3/c1-6-15-34(16-7-2)30(37)25-12-10-11-24(19-25)29(36)33-27(18-23-13-14-23)26(31)17-21(5)28(35)32-20-22(8-3)9-4/h10-12,19,21-23,26-27H,6-9,13-18,20,31H2,1-5H3,(H,32,35)(H,33,36)/t21-,26+,27+/m1/s1. The molecule has 1 aliphatic carbocycles. The maximum Gasteiger partial charge on any atom is 0.253 e. The topological polar surface area (TPSA) is 105 Å². The molecule has 3 amide bonds. The highest BCUT2D eigenvalue weighted by Gasteiger charge is 2.31. The zero-order valence-electron chi connectivity index (χ0n) is 23.7. The third kappa shape index (κ3) is 10.1. The highest BCUT2D eigenvalue weighted by Crippen LogP contribution is 2.34. The first-order valence-electron chi connectivity index (χ1n) is 14.5. The van der Waals surface area contributed by atoms with Crippen molar-refractivity contribution in [1.82, 2.24) is 15.5 Å². The molecule has 0 spiro atoms. The minimum atomic E-state index is -0.326. The zero-order valence-corrected chi connectivity index (χ0v) is 23.7. The van der Waals surface area contributed by atoms with Crippen molar-refractivity contribution in [2.45, 2.75) is 98.1 Å². The summed E-state index contributed by atoms with van der Waals surface area (Å²) in [5.74, 6) is 0.586. The third-order valence-corrected chi connectivity index (χ3v) is 7.56. The summed E-state index contributed by atoms with van der Waals surface area (Å²) in [6, 6.07) is 6.42. The molecule has 1 fully saturated rings. The Hall–Kier alpha value is -2.41. The van der Waals surface area contributed by atoms with Gasteiger partial charge in [0.1, 0.15) is 0 Å². The molecule has 7 heteroatoms. The van der Waals surface area contributed by atoms with Crippen LogP contribution in [-0.4, -0.2) is 54.3 Å². The van der Waals surface area contributed by atoms with E-state index in [1.165, 1.54) is 0 Å². The molecule has 7 nitrogen and oxygen atoms in total. The lowest BCUT2D eigenvalue weighted by atomic mass is 9.92. The number of rotatable bonds is 17. The Morgan fingerprint density at radius 2 is 1.65 bits per heavy atom. The summed E-state index contributed by atoms with van der Waals surface area (Å²) in [5.41, 5.74) is 7.59. The van der Waals surface area contributed by atoms with E-state index in [1.807, 2.05) is 11.8 Å². The van der Waals surface area contributed by atoms with E-state index < -0.39 is 0 Å². The Labute approximate surface area is 224 Å². The molecular formula is C30H50N4O3. The summed E-state index contributed by atoms with van der Waals surface area (Å²) in [4.78, 5) is 40.8. The predicted octanol–water partition coefficient (Wildman–Crippen LogP) is 4.75. The lowest BCUT2D eigenvalue weighted by Gasteiger charge is -2.27.